The van der Waals surface area contributed by atoms with E-state index in [0.717, 1.165) is 0 Å². The van der Waals surface area contributed by atoms with Crippen LogP contribution in [0.25, 0.3) is 0 Å². The summed E-state index contributed by atoms with van der Waals surface area (Å²) in [4.78, 5) is 1.52. The number of hydrogen-bond donors (Lipinski definition) is 0. The van der Waals surface area contributed by atoms with Crippen molar-refractivity contribution in [1.29, 1.82) is 0 Å². The maximum absolute atomic E-state index is 2.23. The van der Waals surface area contributed by atoms with Crippen LogP contribution in [-0.2, 0) is 0 Å². The Bertz CT molecular complexity index is 186. The van der Waals surface area contributed by atoms with Gasteiger partial charge in [-0.05, 0) is 29.9 Å². The Morgan fingerprint density at radius 2 is 2.11 bits per heavy atom. The van der Waals surface area contributed by atoms with Crippen molar-refractivity contribution < 1.29 is 0 Å². The molecule has 0 unspecified atom stereocenters. The highest BCUT2D eigenvalue weighted by Crippen LogP contribution is 2.24. The largest absolute Gasteiger partial charge is 0.148 e. The Balaban J connectivity index is 2.94. The minimum Gasteiger partial charge on any atom is -0.148 e. The molecular formula is C8H12S. The highest BCUT2D eigenvalue weighted by molar-refractivity contribution is 7.10. The van der Waals surface area contributed by atoms with Crippen molar-refractivity contribution in [1.82, 2.24) is 0 Å². The van der Waals surface area contributed by atoms with E-state index in [1.807, 2.05) is 11.3 Å². The van der Waals surface area contributed by atoms with E-state index >= 15 is 0 Å². The second-order valence-corrected chi connectivity index (χ2v) is 3.57. The van der Waals surface area contributed by atoms with Gasteiger partial charge < -0.3 is 0 Å². The first-order chi connectivity index (χ1) is 4.22. The van der Waals surface area contributed by atoms with Crippen LogP contribution in [-0.4, -0.2) is 0 Å². The summed E-state index contributed by atoms with van der Waals surface area (Å²) < 4.78 is 0. The van der Waals surface area contributed by atoms with Crippen LogP contribution in [0.2, 0.25) is 0 Å². The summed E-state index contributed by atoms with van der Waals surface area (Å²) in [7, 11) is 0. The molecule has 0 saturated carbocycles. The molecule has 0 N–H and O–H groups in total. The minimum atomic E-state index is 0.699. The number of hydrogen-bond acceptors (Lipinski definition) is 1. The molecule has 0 nitrogen and oxygen atoms in total. The lowest BCUT2D eigenvalue weighted by molar-refractivity contribution is 0.881. The molecule has 0 aromatic carbocycles. The minimum absolute atomic E-state index is 0.699. The zero-order chi connectivity index (χ0) is 6.85. The topological polar surface area (TPSA) is 0 Å². The first kappa shape index (κ1) is 6.81. The van der Waals surface area contributed by atoms with Crippen LogP contribution in [0.1, 0.15) is 30.2 Å². The summed E-state index contributed by atoms with van der Waals surface area (Å²) >= 11 is 1.86. The van der Waals surface area contributed by atoms with E-state index in [0.29, 0.717) is 5.92 Å². The summed E-state index contributed by atoms with van der Waals surface area (Å²) in [6.07, 6.45) is 0. The van der Waals surface area contributed by atoms with Crippen molar-refractivity contribution in [2.24, 2.45) is 0 Å². The van der Waals surface area contributed by atoms with Gasteiger partial charge >= 0.3 is 0 Å². The molecule has 9 heavy (non-hydrogen) atoms. The van der Waals surface area contributed by atoms with E-state index in [4.69, 9.17) is 0 Å². The van der Waals surface area contributed by atoms with Gasteiger partial charge in [0.1, 0.15) is 0 Å². The van der Waals surface area contributed by atoms with Gasteiger partial charge in [0.2, 0.25) is 0 Å². The third-order valence-electron chi connectivity index (χ3n) is 1.43. The van der Waals surface area contributed by atoms with Crippen LogP contribution in [0.3, 0.4) is 0 Å². The monoisotopic (exact) mass is 140 g/mol. The van der Waals surface area contributed by atoms with Gasteiger partial charge in [0.15, 0.2) is 0 Å². The standard InChI is InChI=1S/C8H12S/c1-6(2)8-7(3)4-5-9-8/h4-6H,1-3H3. The molecule has 0 aliphatic rings. The molecule has 0 amide bonds. The van der Waals surface area contributed by atoms with Gasteiger partial charge in [0.25, 0.3) is 0 Å². The molecule has 0 atom stereocenters. The molecule has 0 aliphatic heterocycles. The van der Waals surface area contributed by atoms with Crippen molar-refractivity contribution in [2.45, 2.75) is 26.7 Å². The zero-order valence-corrected chi connectivity index (χ0v) is 6.96. The lowest BCUT2D eigenvalue weighted by atomic mass is 10.1. The molecule has 50 valence electrons. The fraction of sp³-hybridized carbons (Fsp3) is 0.500. The van der Waals surface area contributed by atoms with E-state index in [1.165, 1.54) is 10.4 Å². The van der Waals surface area contributed by atoms with Gasteiger partial charge in [0.05, 0.1) is 0 Å². The third-order valence-corrected chi connectivity index (χ3v) is 2.75. The summed E-state index contributed by atoms with van der Waals surface area (Å²) in [5.41, 5.74) is 1.44. The van der Waals surface area contributed by atoms with Crippen molar-refractivity contribution in [3.63, 3.8) is 0 Å². The SMILES string of the molecule is Cc1ccsc1C(C)C. The van der Waals surface area contributed by atoms with Gasteiger partial charge in [-0.3, -0.25) is 0 Å². The summed E-state index contributed by atoms with van der Waals surface area (Å²) in [5, 5.41) is 2.16. The lowest BCUT2D eigenvalue weighted by Gasteiger charge is -2.00. The van der Waals surface area contributed by atoms with Crippen LogP contribution < -0.4 is 0 Å². The molecule has 0 spiro atoms. The van der Waals surface area contributed by atoms with Crippen LogP contribution in [0.15, 0.2) is 11.4 Å². The third kappa shape index (κ3) is 1.33. The Hall–Kier alpha value is -0.300. The highest BCUT2D eigenvalue weighted by atomic mass is 32.1. The predicted molar refractivity (Wildman–Crippen MR) is 43.1 cm³/mol. The molecule has 1 heterocycles. The molecule has 0 bridgehead atoms. The van der Waals surface area contributed by atoms with E-state index in [2.05, 4.69) is 32.2 Å². The fourth-order valence-corrected chi connectivity index (χ4v) is 1.92. The van der Waals surface area contributed by atoms with Crippen molar-refractivity contribution in [2.75, 3.05) is 0 Å². The average Bonchev–Trinajstić information content (AvgIpc) is 2.13. The maximum atomic E-state index is 2.23. The first-order valence-electron chi connectivity index (χ1n) is 3.26. The van der Waals surface area contributed by atoms with Gasteiger partial charge in [0, 0.05) is 4.88 Å². The average molecular weight is 140 g/mol. The van der Waals surface area contributed by atoms with Gasteiger partial charge in [-0.1, -0.05) is 13.8 Å². The van der Waals surface area contributed by atoms with Gasteiger partial charge in [-0.15, -0.1) is 11.3 Å². The molecule has 1 heteroatoms. The Kier molecular flexibility index (Phi) is 1.91. The molecule has 0 saturated heterocycles. The lowest BCUT2D eigenvalue weighted by Crippen LogP contribution is -1.82. The Labute approximate surface area is 60.5 Å². The highest BCUT2D eigenvalue weighted by Gasteiger charge is 2.02. The molecule has 0 aliphatic carbocycles. The Morgan fingerprint density at radius 3 is 2.33 bits per heavy atom. The smallest absolute Gasteiger partial charge is 0.00998 e. The summed E-state index contributed by atoms with van der Waals surface area (Å²) in [6, 6.07) is 2.18. The van der Waals surface area contributed by atoms with E-state index in [9.17, 15) is 0 Å². The quantitative estimate of drug-likeness (QED) is 0.562. The van der Waals surface area contributed by atoms with Crippen molar-refractivity contribution in [3.05, 3.63) is 21.9 Å². The Morgan fingerprint density at radius 1 is 1.44 bits per heavy atom. The number of thiophene rings is 1. The molecule has 1 rings (SSSR count). The molecule has 0 radical (unpaired) electrons. The second-order valence-electron chi connectivity index (χ2n) is 2.62. The van der Waals surface area contributed by atoms with Crippen LogP contribution >= 0.6 is 11.3 Å². The van der Waals surface area contributed by atoms with Gasteiger partial charge in [-0.25, -0.2) is 0 Å². The summed E-state index contributed by atoms with van der Waals surface area (Å²) in [5.74, 6) is 0.699. The predicted octanol–water partition coefficient (Wildman–Crippen LogP) is 3.18. The van der Waals surface area contributed by atoms with Crippen molar-refractivity contribution >= 4 is 11.3 Å². The van der Waals surface area contributed by atoms with Crippen molar-refractivity contribution in [3.8, 4) is 0 Å². The van der Waals surface area contributed by atoms with E-state index in [-0.39, 0.29) is 0 Å². The first-order valence-corrected chi connectivity index (χ1v) is 4.13. The fourth-order valence-electron chi connectivity index (χ4n) is 0.976. The van der Waals surface area contributed by atoms with Crippen LogP contribution in [0.4, 0.5) is 0 Å². The molecule has 1 aromatic heterocycles. The van der Waals surface area contributed by atoms with Crippen LogP contribution in [0, 0.1) is 6.92 Å². The normalized spacial score (nSPS) is 10.7. The number of aryl methyl sites for hydroxylation is 1. The zero-order valence-electron chi connectivity index (χ0n) is 6.14. The second kappa shape index (κ2) is 2.53. The van der Waals surface area contributed by atoms with Gasteiger partial charge in [-0.2, -0.15) is 0 Å². The summed E-state index contributed by atoms with van der Waals surface area (Å²) in [6.45, 7) is 6.64. The maximum Gasteiger partial charge on any atom is 0.00998 e. The molecule has 1 aromatic rings. The number of rotatable bonds is 1. The molecular weight excluding hydrogens is 128 g/mol. The van der Waals surface area contributed by atoms with Crippen LogP contribution in [0.5, 0.6) is 0 Å². The van der Waals surface area contributed by atoms with E-state index in [1.54, 1.807) is 0 Å². The molecule has 0 fully saturated rings. The van der Waals surface area contributed by atoms with E-state index < -0.39 is 0 Å².